The number of fused-ring (bicyclic) bond motifs is 15. The molecule has 128 heavy (non-hydrogen) atoms. The van der Waals surface area contributed by atoms with E-state index in [2.05, 4.69) is 156 Å². The molecule has 650 valence electrons. The van der Waals surface area contributed by atoms with Crippen molar-refractivity contribution in [3.8, 4) is 22.7 Å². The van der Waals surface area contributed by atoms with E-state index in [1.165, 1.54) is 114 Å². The number of unbranched alkanes of at least 4 members (excludes halogenated alkanes) is 1. The van der Waals surface area contributed by atoms with Gasteiger partial charge < -0.3 is 45.7 Å². The predicted octanol–water partition coefficient (Wildman–Crippen LogP) is 18.9. The molecule has 0 saturated carbocycles. The van der Waals surface area contributed by atoms with E-state index in [1.54, 1.807) is 50.1 Å². The first kappa shape index (κ1) is 87.6. The van der Waals surface area contributed by atoms with Gasteiger partial charge in [-0.2, -0.15) is 30.6 Å². The standard InChI is InChI=1S/C24H24N4.C21H24BN3O3.C19H21N5.C18H16BN3O3.C17H20FN5/c1-5-6-18-13(2)22-20(9-10-21-23(22)15(4)27-28-21)26-24(18)16-7-8-17-12-25-14(3)19(17)11-16;1-28-13-5-8-17(11-12-22(26)27)21(16-6-3-2-4-7-16)24-19-9-10-20-18(14-19)15-23-25-20;1-10(21)14(9-20)19-13-6-4-3-5-12(13)18-15(22-19)7-8-16-17(18)11(2)23-24-16;23-19(24)16-8-7-15(25-16)18-11-4-2-1-3-10(11)17-12-9-20-22-13(12)5-6-14(17)21-18;1-2-3-4-12-7-17(13-8-20-21-9-13)19-10-14(12)15-11-22-23-16(15)5-6-18/h7-11H,5-6,12H2,1-4H3,(H,27,28);5-6,8-15,26-27H,2-4,7H2,1H3,(H,23,25);7-9,20H,3-6,21H2,1-2H3,(H,23,24);5-9,23-24H,1-4H2,(H,20,22);5-11,17,19H,2-4H2,1H3,(H,20,21)(H,22,23)/b;12-11+,13-5+,17-8+,24-21?;;;6-5+. The number of hydrogen-bond donors (Lipinski definition) is 13. The summed E-state index contributed by atoms with van der Waals surface area (Å²) in [6.45, 7) is 15.5. The Labute approximate surface area is 740 Å². The molecule has 0 radical (unpaired) electrons. The second kappa shape index (κ2) is 39.8. The highest BCUT2D eigenvalue weighted by Crippen LogP contribution is 2.43. The van der Waals surface area contributed by atoms with E-state index in [1.807, 2.05) is 80.3 Å². The van der Waals surface area contributed by atoms with Crippen LogP contribution in [0.4, 0.5) is 10.1 Å². The van der Waals surface area contributed by atoms with Gasteiger partial charge >= 0.3 is 14.2 Å². The fraction of sp³-hybridized carbons (Fsp3) is 0.273. The van der Waals surface area contributed by atoms with Crippen LogP contribution in [0.15, 0.2) is 208 Å². The molecule has 2 aliphatic heterocycles. The largest absolute Gasteiger partial charge is 0.526 e. The summed E-state index contributed by atoms with van der Waals surface area (Å²) >= 11 is 0. The number of furan rings is 1. The molecule has 0 spiro atoms. The number of H-pyrrole nitrogens is 6. The van der Waals surface area contributed by atoms with Crippen LogP contribution in [0, 0.1) is 26.2 Å². The average Bonchev–Trinajstić information content (AvgIpc) is 1.45. The molecule has 26 nitrogen and oxygen atoms in total. The van der Waals surface area contributed by atoms with E-state index >= 15 is 0 Å². The minimum atomic E-state index is -1.62. The van der Waals surface area contributed by atoms with Crippen LogP contribution in [-0.2, 0) is 43.4 Å². The van der Waals surface area contributed by atoms with Crippen molar-refractivity contribution in [3.05, 3.63) is 272 Å². The van der Waals surface area contributed by atoms with E-state index in [0.29, 0.717) is 23.5 Å². The Balaban J connectivity index is 0.000000118. The predicted molar refractivity (Wildman–Crippen MR) is 512 cm³/mol. The lowest BCUT2D eigenvalue weighted by Crippen LogP contribution is -2.27. The quantitative estimate of drug-likeness (QED) is 0.0146. The van der Waals surface area contributed by atoms with Gasteiger partial charge in [0.15, 0.2) is 5.76 Å². The van der Waals surface area contributed by atoms with Gasteiger partial charge in [0.2, 0.25) is 0 Å². The summed E-state index contributed by atoms with van der Waals surface area (Å²) in [6, 6.07) is 28.2. The molecule has 0 fully saturated rings. The third-order valence-electron chi connectivity index (χ3n) is 24.4. The first-order valence-corrected chi connectivity index (χ1v) is 44.0. The minimum absolute atomic E-state index is 0.0939. The number of aryl methyl sites for hydroxylation is 5. The molecule has 5 aliphatic rings. The number of aliphatic imine (C=N–C) groups is 2. The Morgan fingerprint density at radius 1 is 0.688 bits per heavy atom. The molecule has 12 heterocycles. The fourth-order valence-electron chi connectivity index (χ4n) is 18.2. The van der Waals surface area contributed by atoms with Crippen molar-refractivity contribution in [1.82, 2.24) is 81.5 Å². The highest BCUT2D eigenvalue weighted by Gasteiger charge is 2.29. The summed E-state index contributed by atoms with van der Waals surface area (Å²) < 4.78 is 23.2. The van der Waals surface area contributed by atoms with E-state index in [4.69, 9.17) is 40.2 Å². The van der Waals surface area contributed by atoms with Gasteiger partial charge in [0.05, 0.1) is 124 Å². The first-order valence-electron chi connectivity index (χ1n) is 44.0. The van der Waals surface area contributed by atoms with E-state index in [9.17, 15) is 24.5 Å². The number of nitrogens with one attached hydrogen (secondary N) is 8. The third-order valence-corrected chi connectivity index (χ3v) is 24.4. The van der Waals surface area contributed by atoms with Gasteiger partial charge in [0.25, 0.3) is 0 Å². The van der Waals surface area contributed by atoms with Crippen LogP contribution in [-0.4, -0.2) is 135 Å². The number of methoxy groups -OCH3 is 1. The van der Waals surface area contributed by atoms with Crippen molar-refractivity contribution in [2.45, 2.75) is 170 Å². The van der Waals surface area contributed by atoms with E-state index in [-0.39, 0.29) is 11.7 Å². The zero-order chi connectivity index (χ0) is 89.1. The van der Waals surface area contributed by atoms with E-state index in [0.717, 1.165) is 231 Å². The molecule has 0 saturated heterocycles. The van der Waals surface area contributed by atoms with Crippen LogP contribution in [0.2, 0.25) is 0 Å². The molecule has 0 amide bonds. The highest BCUT2D eigenvalue weighted by atomic mass is 19.1. The Bertz CT molecular complexity index is 6980. The van der Waals surface area contributed by atoms with Crippen LogP contribution in [0.1, 0.15) is 189 Å². The molecule has 1 unspecified atom stereocenters. The Morgan fingerprint density at radius 2 is 1.38 bits per heavy atom. The van der Waals surface area contributed by atoms with Crippen molar-refractivity contribution in [2.75, 3.05) is 7.11 Å². The molecular weight excluding hydrogens is 1610 g/mol. The zero-order valence-electron chi connectivity index (χ0n) is 73.3. The Hall–Kier alpha value is -13.9. The number of halogens is 1. The van der Waals surface area contributed by atoms with Gasteiger partial charge in [-0.25, -0.2) is 24.3 Å². The number of rotatable bonds is 20. The molecule has 15 aromatic rings. The maximum atomic E-state index is 12.6. The van der Waals surface area contributed by atoms with Crippen molar-refractivity contribution < 1.29 is 33.6 Å². The summed E-state index contributed by atoms with van der Waals surface area (Å²) in [4.78, 5) is 24.5. The zero-order valence-corrected chi connectivity index (χ0v) is 73.3. The normalized spacial score (nSPS) is 15.3. The number of hydrogen-bond acceptors (Lipinski definition) is 20. The lowest BCUT2D eigenvalue weighted by atomic mass is 9.85. The number of nitrogens with two attached hydrogens (primary N) is 1. The summed E-state index contributed by atoms with van der Waals surface area (Å²) in [7, 11) is -1.56. The molecule has 14 N–H and O–H groups in total. The average molecular weight is 1710 g/mol. The molecule has 1 atom stereocenters. The molecule has 0 bridgehead atoms. The van der Waals surface area contributed by atoms with Crippen LogP contribution >= 0.6 is 0 Å². The number of dihydropyridines is 1. The summed E-state index contributed by atoms with van der Waals surface area (Å²) in [5, 5.41) is 99.5. The number of aromatic amines is 6. The van der Waals surface area contributed by atoms with Crippen molar-refractivity contribution in [1.29, 1.82) is 5.41 Å². The highest BCUT2D eigenvalue weighted by molar-refractivity contribution is 6.57. The molecule has 5 aromatic carbocycles. The van der Waals surface area contributed by atoms with Crippen LogP contribution in [0.5, 0.6) is 0 Å². The molecule has 20 rings (SSSR count). The van der Waals surface area contributed by atoms with Crippen LogP contribution in [0.3, 0.4) is 0 Å². The number of nitrogens with zero attached hydrogens (tertiary/aromatic N) is 11. The van der Waals surface area contributed by atoms with Gasteiger partial charge in [0.1, 0.15) is 11.4 Å². The van der Waals surface area contributed by atoms with Crippen molar-refractivity contribution in [3.63, 3.8) is 0 Å². The lowest BCUT2D eigenvalue weighted by Gasteiger charge is -2.23. The van der Waals surface area contributed by atoms with E-state index < -0.39 is 14.2 Å². The molecule has 29 heteroatoms. The molecular formula is C99H105B2FN20O6. The third kappa shape index (κ3) is 18.6. The monoisotopic (exact) mass is 1710 g/mol. The van der Waals surface area contributed by atoms with Crippen molar-refractivity contribution >= 4 is 137 Å². The summed E-state index contributed by atoms with van der Waals surface area (Å²) in [5.41, 5.74) is 40.6. The SMILES string of the molecule is CC(N)=C(C=N)c1nc2ccc3n[nH]c(C)c3c2c2c1CCCC2.CCCCC1=CC(c2cn[nH]c2)NC=C1c1cn[nH]c1/C=C/F.CCCc1c(-c2ccc3c(c2)C(C)=NC3)nc2ccc3n[nH]c(C)c3c2c1C.CO/C=C/C=C(\C=C\B(O)O)C(=Nc1ccc2[nH]ncc2c1)C1=CCCCC1.OB(O)c1ccc(-c2nc3ccc4[nH]ncc4c3c3c2CCCC3)o1. The Kier molecular flexibility index (Phi) is 27.2. The first-order chi connectivity index (χ1) is 62.4. The molecule has 3 aliphatic carbocycles. The van der Waals surface area contributed by atoms with Crippen LogP contribution in [0.25, 0.3) is 116 Å². The number of allylic oxidation sites excluding steroid dienone is 10. The van der Waals surface area contributed by atoms with Gasteiger partial charge in [-0.15, -0.1) is 0 Å². The number of pyridine rings is 3. The fourth-order valence-corrected chi connectivity index (χ4v) is 18.2. The molecule has 10 aromatic heterocycles. The maximum absolute atomic E-state index is 12.6. The second-order valence-electron chi connectivity index (χ2n) is 32.9. The Morgan fingerprint density at radius 3 is 2.09 bits per heavy atom. The van der Waals surface area contributed by atoms with Gasteiger partial charge in [0, 0.05) is 113 Å². The second-order valence-corrected chi connectivity index (χ2v) is 32.9. The number of ether oxygens (including phenoxy) is 1. The lowest BCUT2D eigenvalue weighted by molar-refractivity contribution is 0.338. The minimum Gasteiger partial charge on any atom is -0.504 e. The summed E-state index contributed by atoms with van der Waals surface area (Å²) in [5.74, 6) is 1.90. The number of benzene rings is 5. The maximum Gasteiger partial charge on any atom is 0.526 e. The van der Waals surface area contributed by atoms with Gasteiger partial charge in [-0.05, 0) is 278 Å². The summed E-state index contributed by atoms with van der Waals surface area (Å²) in [6.07, 6.45) is 43.7. The van der Waals surface area contributed by atoms with Gasteiger partial charge in [-0.3, -0.25) is 35.6 Å². The van der Waals surface area contributed by atoms with Gasteiger partial charge in [-0.1, -0.05) is 63.0 Å². The number of aromatic nitrogens is 15. The van der Waals surface area contributed by atoms with Crippen molar-refractivity contribution in [2.24, 2.45) is 15.7 Å². The topological polar surface area (TPSA) is 401 Å². The van der Waals surface area contributed by atoms with Crippen LogP contribution < -0.4 is 16.7 Å². The smallest absolute Gasteiger partial charge is 0.504 e.